The van der Waals surface area contributed by atoms with Crippen LogP contribution in [0.15, 0.2) is 12.2 Å². The lowest BCUT2D eigenvalue weighted by Crippen LogP contribution is -2.33. The number of hydrogen-bond donors (Lipinski definition) is 0. The Balaban J connectivity index is 2.03. The summed E-state index contributed by atoms with van der Waals surface area (Å²) in [5.74, 6) is 6.30. The predicted molar refractivity (Wildman–Crippen MR) is 54.6 cm³/mol. The molecule has 2 heteroatoms. The van der Waals surface area contributed by atoms with E-state index in [9.17, 15) is 0 Å². The Bertz CT molecular complexity index is 276. The Morgan fingerprint density at radius 2 is 2.21 bits per heavy atom. The van der Waals surface area contributed by atoms with Gasteiger partial charge in [-0.05, 0) is 0 Å². The fourth-order valence-electron chi connectivity index (χ4n) is 1.96. The van der Waals surface area contributed by atoms with Crippen LogP contribution in [0.3, 0.4) is 0 Å². The summed E-state index contributed by atoms with van der Waals surface area (Å²) in [4.78, 5) is 0. The third-order valence-corrected chi connectivity index (χ3v) is 2.61. The van der Waals surface area contributed by atoms with Gasteiger partial charge in [0.2, 0.25) is 0 Å². The molecule has 0 aromatic carbocycles. The van der Waals surface area contributed by atoms with Crippen molar-refractivity contribution < 1.29 is 9.47 Å². The van der Waals surface area contributed by atoms with Crippen molar-refractivity contribution in [1.82, 2.24) is 0 Å². The van der Waals surface area contributed by atoms with Crippen LogP contribution in [0.2, 0.25) is 0 Å². The zero-order chi connectivity index (χ0) is 9.86. The molecule has 0 unspecified atom stereocenters. The summed E-state index contributed by atoms with van der Waals surface area (Å²) < 4.78 is 11.3. The highest BCUT2D eigenvalue weighted by molar-refractivity contribution is 5.15. The molecule has 0 N–H and O–H groups in total. The second-order valence-electron chi connectivity index (χ2n) is 3.73. The highest BCUT2D eigenvalue weighted by atomic mass is 16.7. The fourth-order valence-corrected chi connectivity index (χ4v) is 1.96. The maximum absolute atomic E-state index is 5.65. The normalized spacial score (nSPS) is 28.8. The molecule has 0 aromatic rings. The second-order valence-corrected chi connectivity index (χ2v) is 3.73. The van der Waals surface area contributed by atoms with Crippen molar-refractivity contribution in [2.24, 2.45) is 5.92 Å². The monoisotopic (exact) mass is 192 g/mol. The first-order chi connectivity index (χ1) is 6.85. The van der Waals surface area contributed by atoms with Crippen molar-refractivity contribution in [3.63, 3.8) is 0 Å². The molecule has 1 spiro atoms. The van der Waals surface area contributed by atoms with Gasteiger partial charge in [-0.2, -0.15) is 0 Å². The van der Waals surface area contributed by atoms with E-state index in [1.54, 1.807) is 0 Å². The van der Waals surface area contributed by atoms with Gasteiger partial charge >= 0.3 is 0 Å². The van der Waals surface area contributed by atoms with Gasteiger partial charge in [-0.3, -0.25) is 0 Å². The van der Waals surface area contributed by atoms with E-state index in [-0.39, 0.29) is 5.79 Å². The van der Waals surface area contributed by atoms with Gasteiger partial charge in [0.1, 0.15) is 0 Å². The lowest BCUT2D eigenvalue weighted by Gasteiger charge is -2.30. The van der Waals surface area contributed by atoms with Crippen LogP contribution >= 0.6 is 0 Å². The maximum atomic E-state index is 5.65. The molecular formula is C12H16O2. The summed E-state index contributed by atoms with van der Waals surface area (Å²) in [7, 11) is 0. The topological polar surface area (TPSA) is 18.5 Å². The standard InChI is InChI=1S/C12H16O2/c1-2-3-5-11-6-4-7-12(10-11)13-8-9-14-12/h4,6,11H,2,7-10H2,1H3/t11-/m1/s1. The summed E-state index contributed by atoms with van der Waals surface area (Å²) in [6.45, 7) is 3.52. The average molecular weight is 192 g/mol. The molecule has 1 heterocycles. The predicted octanol–water partition coefficient (Wildman–Crippen LogP) is 2.11. The van der Waals surface area contributed by atoms with Crippen LogP contribution in [0.25, 0.3) is 0 Å². The summed E-state index contributed by atoms with van der Waals surface area (Å²) in [5.41, 5.74) is 0. The quantitative estimate of drug-likeness (QED) is 0.432. The third-order valence-electron chi connectivity index (χ3n) is 2.61. The smallest absolute Gasteiger partial charge is 0.173 e. The van der Waals surface area contributed by atoms with E-state index >= 15 is 0 Å². The van der Waals surface area contributed by atoms with Crippen LogP contribution in [-0.2, 0) is 9.47 Å². The van der Waals surface area contributed by atoms with Crippen molar-refractivity contribution >= 4 is 0 Å². The SMILES string of the molecule is CCC#C[C@@H]1C=CCC2(C1)OCCO2. The van der Waals surface area contributed by atoms with Gasteiger partial charge in [0.15, 0.2) is 5.79 Å². The number of allylic oxidation sites excluding steroid dienone is 1. The summed E-state index contributed by atoms with van der Waals surface area (Å²) in [6, 6.07) is 0. The summed E-state index contributed by atoms with van der Waals surface area (Å²) in [6.07, 6.45) is 6.97. The van der Waals surface area contributed by atoms with Gasteiger partial charge < -0.3 is 9.47 Å². The van der Waals surface area contributed by atoms with Gasteiger partial charge in [-0.1, -0.05) is 25.0 Å². The Kier molecular flexibility index (Phi) is 2.90. The zero-order valence-electron chi connectivity index (χ0n) is 8.58. The largest absolute Gasteiger partial charge is 0.347 e. The molecule has 0 bridgehead atoms. The molecule has 1 atom stereocenters. The van der Waals surface area contributed by atoms with E-state index in [0.717, 1.165) is 32.5 Å². The van der Waals surface area contributed by atoms with Crippen molar-refractivity contribution in [3.8, 4) is 11.8 Å². The van der Waals surface area contributed by atoms with Gasteiger partial charge in [-0.15, -0.1) is 5.92 Å². The first-order valence-corrected chi connectivity index (χ1v) is 5.28. The molecule has 76 valence electrons. The zero-order valence-corrected chi connectivity index (χ0v) is 8.58. The highest BCUT2D eigenvalue weighted by Gasteiger charge is 2.38. The molecule has 2 rings (SSSR count). The van der Waals surface area contributed by atoms with Crippen LogP contribution in [0.5, 0.6) is 0 Å². The van der Waals surface area contributed by atoms with Crippen molar-refractivity contribution in [1.29, 1.82) is 0 Å². The lowest BCUT2D eigenvalue weighted by atomic mass is 9.91. The first kappa shape index (κ1) is 9.76. The minimum atomic E-state index is -0.345. The molecule has 1 aliphatic heterocycles. The fraction of sp³-hybridized carbons (Fsp3) is 0.667. The Labute approximate surface area is 85.3 Å². The van der Waals surface area contributed by atoms with E-state index in [4.69, 9.17) is 9.47 Å². The average Bonchev–Trinajstić information content (AvgIpc) is 2.63. The van der Waals surface area contributed by atoms with Crippen molar-refractivity contribution in [2.75, 3.05) is 13.2 Å². The lowest BCUT2D eigenvalue weighted by molar-refractivity contribution is -0.164. The molecule has 1 saturated heterocycles. The molecule has 2 nitrogen and oxygen atoms in total. The van der Waals surface area contributed by atoms with Crippen molar-refractivity contribution in [2.45, 2.75) is 32.0 Å². The van der Waals surface area contributed by atoms with Crippen LogP contribution in [-0.4, -0.2) is 19.0 Å². The molecule has 0 saturated carbocycles. The van der Waals surface area contributed by atoms with E-state index in [1.807, 2.05) is 0 Å². The highest BCUT2D eigenvalue weighted by Crippen LogP contribution is 2.34. The molecular weight excluding hydrogens is 176 g/mol. The summed E-state index contributed by atoms with van der Waals surface area (Å²) >= 11 is 0. The van der Waals surface area contributed by atoms with E-state index in [2.05, 4.69) is 30.9 Å². The number of ether oxygens (including phenoxy) is 2. The van der Waals surface area contributed by atoms with Crippen LogP contribution in [0, 0.1) is 17.8 Å². The Hall–Kier alpha value is -0.780. The molecule has 1 fully saturated rings. The first-order valence-electron chi connectivity index (χ1n) is 5.28. The van der Waals surface area contributed by atoms with Gasteiger partial charge in [0.25, 0.3) is 0 Å². The Morgan fingerprint density at radius 3 is 2.93 bits per heavy atom. The molecule has 0 amide bonds. The third kappa shape index (κ3) is 2.00. The minimum absolute atomic E-state index is 0.307. The maximum Gasteiger partial charge on any atom is 0.173 e. The van der Waals surface area contributed by atoms with E-state index in [1.165, 1.54) is 0 Å². The molecule has 2 aliphatic rings. The van der Waals surface area contributed by atoms with Crippen LogP contribution in [0.4, 0.5) is 0 Å². The molecule has 14 heavy (non-hydrogen) atoms. The minimum Gasteiger partial charge on any atom is -0.347 e. The number of rotatable bonds is 0. The van der Waals surface area contributed by atoms with E-state index < -0.39 is 0 Å². The summed E-state index contributed by atoms with van der Waals surface area (Å²) in [5, 5.41) is 0. The van der Waals surface area contributed by atoms with Gasteiger partial charge in [0, 0.05) is 25.2 Å². The van der Waals surface area contributed by atoms with Crippen molar-refractivity contribution in [3.05, 3.63) is 12.2 Å². The molecule has 1 aliphatic carbocycles. The van der Waals surface area contributed by atoms with E-state index in [0.29, 0.717) is 5.92 Å². The van der Waals surface area contributed by atoms with Gasteiger partial charge in [0.05, 0.1) is 13.2 Å². The molecule has 0 aromatic heterocycles. The van der Waals surface area contributed by atoms with Crippen LogP contribution in [0.1, 0.15) is 26.2 Å². The molecule has 0 radical (unpaired) electrons. The Morgan fingerprint density at radius 1 is 1.43 bits per heavy atom. The second kappa shape index (κ2) is 4.16. The number of hydrogen-bond acceptors (Lipinski definition) is 2. The van der Waals surface area contributed by atoms with Gasteiger partial charge in [-0.25, -0.2) is 0 Å². The van der Waals surface area contributed by atoms with Crippen LogP contribution < -0.4 is 0 Å².